The van der Waals surface area contributed by atoms with E-state index in [0.717, 1.165) is 12.8 Å². The van der Waals surface area contributed by atoms with Crippen LogP contribution in [-0.4, -0.2) is 32.2 Å². The summed E-state index contributed by atoms with van der Waals surface area (Å²) in [5.41, 5.74) is 1.30. The second-order valence-electron chi connectivity index (χ2n) is 4.40. The van der Waals surface area contributed by atoms with Gasteiger partial charge in [-0.15, -0.1) is 5.10 Å². The van der Waals surface area contributed by atoms with Gasteiger partial charge in [0.05, 0.1) is 11.3 Å². The molecule has 2 aromatic rings. The van der Waals surface area contributed by atoms with Crippen LogP contribution in [0.3, 0.4) is 0 Å². The summed E-state index contributed by atoms with van der Waals surface area (Å²) in [5.74, 6) is 0.588. The third-order valence-corrected chi connectivity index (χ3v) is 2.91. The quantitative estimate of drug-likeness (QED) is 0.867. The highest BCUT2D eigenvalue weighted by molar-refractivity contribution is 5.98. The monoisotopic (exact) mass is 243 g/mol. The zero-order valence-electron chi connectivity index (χ0n) is 10.00. The predicted octanol–water partition coefficient (Wildman–Crippen LogP) is 0.863. The van der Waals surface area contributed by atoms with Crippen molar-refractivity contribution in [1.82, 2.24) is 25.5 Å². The maximum absolute atomic E-state index is 12.1. The maximum atomic E-state index is 12.1. The summed E-state index contributed by atoms with van der Waals surface area (Å²) in [6.45, 7) is 1.80. The number of para-hydroxylation sites is 1. The smallest absolute Gasteiger partial charge is 0.253 e. The first kappa shape index (κ1) is 10.9. The molecule has 1 aromatic heterocycles. The van der Waals surface area contributed by atoms with E-state index in [2.05, 4.69) is 20.8 Å². The van der Waals surface area contributed by atoms with E-state index in [1.165, 1.54) is 0 Å². The summed E-state index contributed by atoms with van der Waals surface area (Å²) >= 11 is 0. The molecule has 0 saturated heterocycles. The molecule has 0 radical (unpaired) electrons. The van der Waals surface area contributed by atoms with Crippen LogP contribution in [0.15, 0.2) is 24.3 Å². The van der Waals surface area contributed by atoms with Crippen molar-refractivity contribution in [1.29, 1.82) is 0 Å². The van der Waals surface area contributed by atoms with Gasteiger partial charge in [-0.1, -0.05) is 12.1 Å². The van der Waals surface area contributed by atoms with E-state index in [0.29, 0.717) is 23.1 Å². The molecule has 0 aliphatic heterocycles. The number of carbonyl (C=O) groups excluding carboxylic acids is 1. The van der Waals surface area contributed by atoms with Gasteiger partial charge < -0.3 is 5.32 Å². The lowest BCUT2D eigenvalue weighted by Gasteiger charge is -2.09. The fourth-order valence-corrected chi connectivity index (χ4v) is 1.80. The Bertz CT molecular complexity index is 588. The van der Waals surface area contributed by atoms with E-state index in [1.807, 2.05) is 18.2 Å². The van der Waals surface area contributed by atoms with Crippen LogP contribution in [0, 0.1) is 6.92 Å². The van der Waals surface area contributed by atoms with E-state index in [9.17, 15) is 4.79 Å². The van der Waals surface area contributed by atoms with Gasteiger partial charge in [0, 0.05) is 6.04 Å². The number of aryl methyl sites for hydroxylation is 1. The largest absolute Gasteiger partial charge is 0.349 e. The molecule has 0 spiro atoms. The van der Waals surface area contributed by atoms with E-state index >= 15 is 0 Å². The first-order valence-corrected chi connectivity index (χ1v) is 5.91. The van der Waals surface area contributed by atoms with E-state index in [-0.39, 0.29) is 5.91 Å². The van der Waals surface area contributed by atoms with Gasteiger partial charge in [0.1, 0.15) is 0 Å². The van der Waals surface area contributed by atoms with Crippen LogP contribution in [0.4, 0.5) is 0 Å². The third-order valence-electron chi connectivity index (χ3n) is 2.91. The molecular weight excluding hydrogens is 230 g/mol. The van der Waals surface area contributed by atoms with Gasteiger partial charge in [-0.3, -0.25) is 4.79 Å². The van der Waals surface area contributed by atoms with Gasteiger partial charge in [-0.25, -0.2) is 0 Å². The van der Waals surface area contributed by atoms with Gasteiger partial charge >= 0.3 is 0 Å². The average molecular weight is 243 g/mol. The molecule has 0 unspecified atom stereocenters. The van der Waals surface area contributed by atoms with Crippen molar-refractivity contribution in [2.75, 3.05) is 0 Å². The van der Waals surface area contributed by atoms with Gasteiger partial charge in [0.25, 0.3) is 5.91 Å². The van der Waals surface area contributed by atoms with Crippen LogP contribution in [0.2, 0.25) is 0 Å². The Morgan fingerprint density at radius 2 is 2.17 bits per heavy atom. The Labute approximate surface area is 104 Å². The lowest BCUT2D eigenvalue weighted by molar-refractivity contribution is 0.0951. The molecule has 3 rings (SSSR count). The van der Waals surface area contributed by atoms with Crippen molar-refractivity contribution in [2.45, 2.75) is 25.8 Å². The Balaban J connectivity index is 1.99. The highest BCUT2D eigenvalue weighted by atomic mass is 16.1. The van der Waals surface area contributed by atoms with Crippen molar-refractivity contribution in [3.63, 3.8) is 0 Å². The molecule has 1 heterocycles. The molecule has 92 valence electrons. The molecule has 0 bridgehead atoms. The average Bonchev–Trinajstić information content (AvgIpc) is 3.09. The summed E-state index contributed by atoms with van der Waals surface area (Å²) in [6, 6.07) is 7.66. The van der Waals surface area contributed by atoms with Gasteiger partial charge in [0.15, 0.2) is 5.82 Å². The molecule has 0 atom stereocenters. The minimum Gasteiger partial charge on any atom is -0.349 e. The minimum atomic E-state index is -0.0667. The lowest BCUT2D eigenvalue weighted by atomic mass is 10.1. The normalized spacial score (nSPS) is 14.5. The van der Waals surface area contributed by atoms with Crippen LogP contribution < -0.4 is 5.32 Å². The summed E-state index contributed by atoms with van der Waals surface area (Å²) in [4.78, 5) is 12.1. The zero-order chi connectivity index (χ0) is 12.5. The molecule has 1 aromatic carbocycles. The molecule has 6 heteroatoms. The number of hydrogen-bond donors (Lipinski definition) is 1. The predicted molar refractivity (Wildman–Crippen MR) is 64.4 cm³/mol. The Hall–Kier alpha value is -2.24. The van der Waals surface area contributed by atoms with Gasteiger partial charge in [0.2, 0.25) is 0 Å². The number of rotatable bonds is 3. The van der Waals surface area contributed by atoms with Crippen molar-refractivity contribution >= 4 is 5.91 Å². The number of hydrogen-bond acceptors (Lipinski definition) is 4. The highest BCUT2D eigenvalue weighted by Gasteiger charge is 2.25. The maximum Gasteiger partial charge on any atom is 0.253 e. The van der Waals surface area contributed by atoms with Crippen LogP contribution in [0.1, 0.15) is 29.0 Å². The Morgan fingerprint density at radius 1 is 1.39 bits per heavy atom. The first-order valence-electron chi connectivity index (χ1n) is 5.91. The van der Waals surface area contributed by atoms with Crippen LogP contribution in [0.5, 0.6) is 0 Å². The van der Waals surface area contributed by atoms with Gasteiger partial charge in [-0.05, 0) is 42.3 Å². The molecule has 1 saturated carbocycles. The topological polar surface area (TPSA) is 72.7 Å². The van der Waals surface area contributed by atoms with Crippen molar-refractivity contribution in [2.24, 2.45) is 0 Å². The molecule has 1 fully saturated rings. The SMILES string of the molecule is Cc1nnnn1-c1ccccc1C(=O)NC1CC1. The van der Waals surface area contributed by atoms with E-state index in [1.54, 1.807) is 17.7 Å². The lowest BCUT2D eigenvalue weighted by Crippen LogP contribution is -2.26. The number of aromatic nitrogens is 4. The van der Waals surface area contributed by atoms with E-state index in [4.69, 9.17) is 0 Å². The second kappa shape index (κ2) is 4.21. The number of benzene rings is 1. The third kappa shape index (κ3) is 1.97. The van der Waals surface area contributed by atoms with Crippen LogP contribution >= 0.6 is 0 Å². The molecule has 6 nitrogen and oxygen atoms in total. The fraction of sp³-hybridized carbons (Fsp3) is 0.333. The number of carbonyl (C=O) groups is 1. The zero-order valence-corrected chi connectivity index (χ0v) is 10.00. The number of amides is 1. The van der Waals surface area contributed by atoms with Crippen LogP contribution in [-0.2, 0) is 0 Å². The molecule has 1 aliphatic rings. The highest BCUT2D eigenvalue weighted by Crippen LogP contribution is 2.21. The standard InChI is InChI=1S/C12H13N5O/c1-8-14-15-16-17(8)11-5-3-2-4-10(11)12(18)13-9-6-7-9/h2-5,9H,6-7H2,1H3,(H,13,18). The second-order valence-corrected chi connectivity index (χ2v) is 4.40. The number of nitrogens with one attached hydrogen (secondary N) is 1. The summed E-state index contributed by atoms with van der Waals surface area (Å²) in [5, 5.41) is 14.3. The summed E-state index contributed by atoms with van der Waals surface area (Å²) in [6.07, 6.45) is 2.13. The molecule has 1 N–H and O–H groups in total. The summed E-state index contributed by atoms with van der Waals surface area (Å²) in [7, 11) is 0. The minimum absolute atomic E-state index is 0.0667. The van der Waals surface area contributed by atoms with Crippen molar-refractivity contribution in [3.8, 4) is 5.69 Å². The fourth-order valence-electron chi connectivity index (χ4n) is 1.80. The van der Waals surface area contributed by atoms with Gasteiger partial charge in [-0.2, -0.15) is 4.68 Å². The number of nitrogens with zero attached hydrogens (tertiary/aromatic N) is 4. The molecule has 1 aliphatic carbocycles. The molecular formula is C12H13N5O. The van der Waals surface area contributed by atoms with E-state index < -0.39 is 0 Å². The number of tetrazole rings is 1. The first-order chi connectivity index (χ1) is 8.75. The molecule has 1 amide bonds. The van der Waals surface area contributed by atoms with Crippen LogP contribution in [0.25, 0.3) is 5.69 Å². The summed E-state index contributed by atoms with van der Waals surface area (Å²) < 4.78 is 1.57. The molecule has 18 heavy (non-hydrogen) atoms. The Morgan fingerprint density at radius 3 is 2.83 bits per heavy atom. The van der Waals surface area contributed by atoms with Crippen molar-refractivity contribution < 1.29 is 4.79 Å². The Kier molecular flexibility index (Phi) is 2.55. The van der Waals surface area contributed by atoms with Crippen molar-refractivity contribution in [3.05, 3.63) is 35.7 Å².